The fraction of sp³-hybridized carbons (Fsp3) is 0.0455. The second-order valence-electron chi connectivity index (χ2n) is 5.90. The van der Waals surface area contributed by atoms with Crippen molar-refractivity contribution in [2.24, 2.45) is 0 Å². The number of ketones is 1. The van der Waals surface area contributed by atoms with Gasteiger partial charge in [0, 0.05) is 21.4 Å². The number of rotatable bonds is 5. The number of benzene rings is 3. The third-order valence-corrected chi connectivity index (χ3v) is 5.57. The van der Waals surface area contributed by atoms with E-state index in [1.54, 1.807) is 12.1 Å². The summed E-state index contributed by atoms with van der Waals surface area (Å²) in [5.74, 6) is 0.304. The number of hydrogen-bond donors (Lipinski definition) is 0. The molecule has 0 amide bonds. The van der Waals surface area contributed by atoms with Crippen LogP contribution in [0.2, 0.25) is 0 Å². The minimum absolute atomic E-state index is 0.193. The SMILES string of the molecule is O=C(c1ccccc1)c1oc2ccccc2c1CS(=O)c1ccccc1. The summed E-state index contributed by atoms with van der Waals surface area (Å²) in [6.45, 7) is 0. The summed E-state index contributed by atoms with van der Waals surface area (Å²) in [4.78, 5) is 13.7. The molecule has 0 N–H and O–H groups in total. The van der Waals surface area contributed by atoms with Crippen LogP contribution in [0.15, 0.2) is 94.2 Å². The molecule has 0 saturated heterocycles. The molecule has 4 heteroatoms. The third-order valence-electron chi connectivity index (χ3n) is 4.22. The van der Waals surface area contributed by atoms with E-state index in [1.807, 2.05) is 72.8 Å². The van der Waals surface area contributed by atoms with Gasteiger partial charge in [-0.3, -0.25) is 9.00 Å². The Balaban J connectivity index is 1.80. The monoisotopic (exact) mass is 360 g/mol. The highest BCUT2D eigenvalue weighted by molar-refractivity contribution is 7.84. The first-order valence-electron chi connectivity index (χ1n) is 8.27. The van der Waals surface area contributed by atoms with Gasteiger partial charge in [-0.05, 0) is 18.2 Å². The van der Waals surface area contributed by atoms with Gasteiger partial charge in [0.05, 0.1) is 16.6 Å². The quantitative estimate of drug-likeness (QED) is 0.472. The van der Waals surface area contributed by atoms with E-state index in [2.05, 4.69) is 0 Å². The van der Waals surface area contributed by atoms with Crippen LogP contribution in [0, 0.1) is 0 Å². The van der Waals surface area contributed by atoms with E-state index >= 15 is 0 Å². The van der Waals surface area contributed by atoms with Crippen molar-refractivity contribution in [2.75, 3.05) is 0 Å². The molecule has 0 aliphatic heterocycles. The first kappa shape index (κ1) is 16.5. The van der Waals surface area contributed by atoms with Gasteiger partial charge in [0.2, 0.25) is 5.78 Å². The lowest BCUT2D eigenvalue weighted by atomic mass is 10.0. The van der Waals surface area contributed by atoms with Crippen LogP contribution in [0.4, 0.5) is 0 Å². The summed E-state index contributed by atoms with van der Waals surface area (Å²) in [5.41, 5.74) is 1.88. The van der Waals surface area contributed by atoms with E-state index in [1.165, 1.54) is 0 Å². The van der Waals surface area contributed by atoms with Crippen LogP contribution >= 0.6 is 0 Å². The molecule has 4 aromatic rings. The molecule has 0 saturated carbocycles. The molecule has 1 unspecified atom stereocenters. The fourth-order valence-corrected chi connectivity index (χ4v) is 4.11. The fourth-order valence-electron chi connectivity index (χ4n) is 2.93. The van der Waals surface area contributed by atoms with Crippen LogP contribution in [0.1, 0.15) is 21.7 Å². The molecule has 128 valence electrons. The predicted octanol–water partition coefficient (Wildman–Crippen LogP) is 4.97. The standard InChI is InChI=1S/C22H16O3S/c23-21(16-9-3-1-4-10-16)22-19(18-13-7-8-14-20(18)25-22)15-26(24)17-11-5-2-6-12-17/h1-14H,15H2. The summed E-state index contributed by atoms with van der Waals surface area (Å²) >= 11 is 0. The molecule has 1 atom stereocenters. The van der Waals surface area contributed by atoms with Gasteiger partial charge in [-0.1, -0.05) is 66.7 Å². The summed E-state index contributed by atoms with van der Waals surface area (Å²) in [5, 5.41) is 0.830. The van der Waals surface area contributed by atoms with E-state index in [0.717, 1.165) is 10.3 Å². The first-order valence-corrected chi connectivity index (χ1v) is 9.59. The Morgan fingerprint density at radius 2 is 1.42 bits per heavy atom. The Labute approximate surface area is 153 Å². The van der Waals surface area contributed by atoms with Crippen molar-refractivity contribution in [3.05, 3.63) is 102 Å². The minimum atomic E-state index is -1.26. The van der Waals surface area contributed by atoms with E-state index in [0.29, 0.717) is 16.7 Å². The summed E-state index contributed by atoms with van der Waals surface area (Å²) in [7, 11) is -1.26. The van der Waals surface area contributed by atoms with E-state index in [9.17, 15) is 9.00 Å². The number of carbonyl (C=O) groups excluding carboxylic acids is 1. The number of hydrogen-bond acceptors (Lipinski definition) is 3. The molecule has 0 aliphatic rings. The van der Waals surface area contributed by atoms with Crippen LogP contribution in [0.5, 0.6) is 0 Å². The summed E-state index contributed by atoms with van der Waals surface area (Å²) in [6, 6.07) is 25.8. The van der Waals surface area contributed by atoms with Crippen LogP contribution in [0.25, 0.3) is 11.0 Å². The Bertz CT molecular complexity index is 1080. The Hall–Kier alpha value is -2.98. The van der Waals surface area contributed by atoms with Gasteiger partial charge in [-0.15, -0.1) is 0 Å². The topological polar surface area (TPSA) is 47.3 Å². The zero-order valence-corrected chi connectivity index (χ0v) is 14.7. The average Bonchev–Trinajstić information content (AvgIpc) is 3.07. The molecule has 26 heavy (non-hydrogen) atoms. The van der Waals surface area contributed by atoms with Crippen LogP contribution in [-0.4, -0.2) is 9.99 Å². The zero-order valence-electron chi connectivity index (χ0n) is 13.9. The molecule has 1 heterocycles. The van der Waals surface area contributed by atoms with Crippen LogP contribution < -0.4 is 0 Å². The maximum atomic E-state index is 13.0. The molecule has 0 aliphatic carbocycles. The molecule has 0 fully saturated rings. The van der Waals surface area contributed by atoms with Gasteiger partial charge in [0.15, 0.2) is 5.76 Å². The molecule has 0 bridgehead atoms. The summed E-state index contributed by atoms with van der Waals surface area (Å²) < 4.78 is 18.7. The number of fused-ring (bicyclic) bond motifs is 1. The highest BCUT2D eigenvalue weighted by Gasteiger charge is 2.23. The van der Waals surface area contributed by atoms with Crippen molar-refractivity contribution < 1.29 is 13.4 Å². The van der Waals surface area contributed by atoms with Gasteiger partial charge >= 0.3 is 0 Å². The van der Waals surface area contributed by atoms with Crippen molar-refractivity contribution in [3.8, 4) is 0 Å². The lowest BCUT2D eigenvalue weighted by Gasteiger charge is -2.04. The van der Waals surface area contributed by atoms with Crippen molar-refractivity contribution in [3.63, 3.8) is 0 Å². The molecule has 4 rings (SSSR count). The minimum Gasteiger partial charge on any atom is -0.452 e. The van der Waals surface area contributed by atoms with Crippen molar-refractivity contribution in [1.29, 1.82) is 0 Å². The molecular formula is C22H16O3S. The normalized spacial score (nSPS) is 12.2. The largest absolute Gasteiger partial charge is 0.452 e. The molecule has 0 radical (unpaired) electrons. The van der Waals surface area contributed by atoms with Crippen molar-refractivity contribution in [2.45, 2.75) is 10.6 Å². The molecule has 1 aromatic heterocycles. The molecular weight excluding hydrogens is 344 g/mol. The predicted molar refractivity (Wildman–Crippen MR) is 103 cm³/mol. The van der Waals surface area contributed by atoms with E-state index < -0.39 is 10.8 Å². The van der Waals surface area contributed by atoms with Gasteiger partial charge < -0.3 is 4.42 Å². The number of furan rings is 1. The van der Waals surface area contributed by atoms with E-state index in [-0.39, 0.29) is 17.3 Å². The van der Waals surface area contributed by atoms with Gasteiger partial charge in [-0.25, -0.2) is 0 Å². The Morgan fingerprint density at radius 1 is 0.808 bits per heavy atom. The van der Waals surface area contributed by atoms with Crippen molar-refractivity contribution in [1.82, 2.24) is 0 Å². The van der Waals surface area contributed by atoms with Crippen LogP contribution in [-0.2, 0) is 16.6 Å². The lowest BCUT2D eigenvalue weighted by Crippen LogP contribution is -2.05. The molecule has 3 nitrogen and oxygen atoms in total. The summed E-state index contributed by atoms with van der Waals surface area (Å²) in [6.07, 6.45) is 0. The lowest BCUT2D eigenvalue weighted by molar-refractivity contribution is 0.101. The average molecular weight is 360 g/mol. The van der Waals surface area contributed by atoms with Gasteiger partial charge in [0.1, 0.15) is 5.58 Å². The van der Waals surface area contributed by atoms with Crippen LogP contribution in [0.3, 0.4) is 0 Å². The smallest absolute Gasteiger partial charge is 0.228 e. The Morgan fingerprint density at radius 3 is 2.15 bits per heavy atom. The maximum Gasteiger partial charge on any atom is 0.228 e. The maximum absolute atomic E-state index is 13.0. The highest BCUT2D eigenvalue weighted by Crippen LogP contribution is 2.30. The highest BCUT2D eigenvalue weighted by atomic mass is 32.2. The molecule has 0 spiro atoms. The third kappa shape index (κ3) is 3.11. The molecule has 3 aromatic carbocycles. The van der Waals surface area contributed by atoms with E-state index in [4.69, 9.17) is 4.42 Å². The zero-order chi connectivity index (χ0) is 17.9. The Kier molecular flexibility index (Phi) is 4.50. The first-order chi connectivity index (χ1) is 12.7. The second kappa shape index (κ2) is 7.10. The van der Waals surface area contributed by atoms with Gasteiger partial charge in [-0.2, -0.15) is 0 Å². The van der Waals surface area contributed by atoms with Crippen molar-refractivity contribution >= 4 is 27.6 Å². The van der Waals surface area contributed by atoms with Gasteiger partial charge in [0.25, 0.3) is 0 Å². The number of para-hydroxylation sites is 1. The second-order valence-corrected chi connectivity index (χ2v) is 7.36. The number of carbonyl (C=O) groups is 1.